The summed E-state index contributed by atoms with van der Waals surface area (Å²) in [6, 6.07) is 10.2. The zero-order chi connectivity index (χ0) is 24.1. The molecule has 1 aliphatic heterocycles. The number of carbonyl (C=O) groups is 4. The first-order chi connectivity index (χ1) is 15.7. The molecule has 1 saturated heterocycles. The van der Waals surface area contributed by atoms with Gasteiger partial charge in [0.2, 0.25) is 0 Å². The number of hydrogen-bond donors (Lipinski definition) is 1. The highest BCUT2D eigenvalue weighted by Gasteiger charge is 2.41. The molecule has 0 saturated carbocycles. The fourth-order valence-electron chi connectivity index (χ4n) is 3.01. The van der Waals surface area contributed by atoms with Crippen LogP contribution in [0.3, 0.4) is 0 Å². The van der Waals surface area contributed by atoms with Crippen LogP contribution in [-0.4, -0.2) is 45.7 Å². The molecule has 1 fully saturated rings. The van der Waals surface area contributed by atoms with Gasteiger partial charge in [0.15, 0.2) is 0 Å². The molecule has 8 nitrogen and oxygen atoms in total. The molecular formula is C23H20ClNO7S. The highest BCUT2D eigenvalue weighted by atomic mass is 35.5. The van der Waals surface area contributed by atoms with Crippen LogP contribution in [0.5, 0.6) is 5.75 Å². The summed E-state index contributed by atoms with van der Waals surface area (Å²) in [5.74, 6) is -1.89. The zero-order valence-corrected chi connectivity index (χ0v) is 19.3. The van der Waals surface area contributed by atoms with Gasteiger partial charge in [-0.15, -0.1) is 0 Å². The Morgan fingerprint density at radius 3 is 2.64 bits per heavy atom. The van der Waals surface area contributed by atoms with E-state index in [0.29, 0.717) is 16.9 Å². The van der Waals surface area contributed by atoms with Crippen LogP contribution >= 0.6 is 23.4 Å². The number of aromatic carboxylic acids is 1. The summed E-state index contributed by atoms with van der Waals surface area (Å²) in [5, 5.41) is 8.80. The minimum atomic E-state index is -1.03. The summed E-state index contributed by atoms with van der Waals surface area (Å²) in [6.45, 7) is 3.34. The average molecular weight is 490 g/mol. The van der Waals surface area contributed by atoms with Gasteiger partial charge in [-0.1, -0.05) is 29.8 Å². The summed E-state index contributed by atoms with van der Waals surface area (Å²) >= 11 is 7.03. The maximum atomic E-state index is 12.7. The SMILES string of the molecule is CCOC(=O)[C@@H](C)N1C(=O)S/C(=C\c2ccc(OCc3cccc(C(=O)O)c3)c(Cl)c2)C1=O. The average Bonchev–Trinajstić information content (AvgIpc) is 3.05. The Hall–Kier alpha value is -3.30. The molecule has 0 aliphatic carbocycles. The summed E-state index contributed by atoms with van der Waals surface area (Å²) in [7, 11) is 0. The number of hydrogen-bond acceptors (Lipinski definition) is 7. The van der Waals surface area contributed by atoms with Gasteiger partial charge >= 0.3 is 11.9 Å². The Kier molecular flexibility index (Phi) is 7.78. The number of thioether (sulfide) groups is 1. The molecule has 10 heteroatoms. The minimum Gasteiger partial charge on any atom is -0.487 e. The largest absolute Gasteiger partial charge is 0.487 e. The molecule has 0 radical (unpaired) electrons. The first-order valence-electron chi connectivity index (χ1n) is 9.89. The lowest BCUT2D eigenvalue weighted by molar-refractivity contribution is -0.150. The third-order valence-corrected chi connectivity index (χ3v) is 5.84. The number of ether oxygens (including phenoxy) is 2. The smallest absolute Gasteiger partial charge is 0.335 e. The summed E-state index contributed by atoms with van der Waals surface area (Å²) in [4.78, 5) is 49.0. The minimum absolute atomic E-state index is 0.116. The normalized spacial score (nSPS) is 15.6. The second kappa shape index (κ2) is 10.5. The second-order valence-electron chi connectivity index (χ2n) is 6.96. The van der Waals surface area contributed by atoms with Crippen molar-refractivity contribution in [2.24, 2.45) is 0 Å². The van der Waals surface area contributed by atoms with Gasteiger partial charge in [0, 0.05) is 0 Å². The standard InChI is InChI=1S/C23H20ClNO7S/c1-3-31-22(29)13(2)25-20(26)19(33-23(25)30)11-14-7-8-18(17(24)10-14)32-12-15-5-4-6-16(9-15)21(27)28/h4-11,13H,3,12H2,1-2H3,(H,27,28)/b19-11-/t13-/m1/s1. The first-order valence-corrected chi connectivity index (χ1v) is 11.1. The van der Waals surface area contributed by atoms with E-state index in [9.17, 15) is 19.2 Å². The van der Waals surface area contributed by atoms with Crippen molar-refractivity contribution in [3.05, 3.63) is 69.1 Å². The Morgan fingerprint density at radius 1 is 1.21 bits per heavy atom. The molecule has 33 heavy (non-hydrogen) atoms. The molecule has 0 bridgehead atoms. The van der Waals surface area contributed by atoms with Crippen molar-refractivity contribution in [1.29, 1.82) is 0 Å². The van der Waals surface area contributed by atoms with Gasteiger partial charge in [0.1, 0.15) is 18.4 Å². The molecule has 2 aromatic rings. The van der Waals surface area contributed by atoms with E-state index < -0.39 is 29.1 Å². The van der Waals surface area contributed by atoms with Gasteiger partial charge in [-0.05, 0) is 67.1 Å². The Labute approximate surface area is 199 Å². The van der Waals surface area contributed by atoms with E-state index in [1.807, 2.05) is 0 Å². The molecule has 2 aromatic carbocycles. The number of imide groups is 1. The molecule has 172 valence electrons. The molecular weight excluding hydrogens is 470 g/mol. The van der Waals surface area contributed by atoms with Crippen molar-refractivity contribution in [1.82, 2.24) is 4.90 Å². The van der Waals surface area contributed by atoms with Crippen LogP contribution in [0.2, 0.25) is 5.02 Å². The molecule has 0 aromatic heterocycles. The quantitative estimate of drug-likeness (QED) is 0.423. The molecule has 1 atom stereocenters. The van der Waals surface area contributed by atoms with Crippen LogP contribution in [0.25, 0.3) is 6.08 Å². The number of esters is 1. The van der Waals surface area contributed by atoms with Crippen molar-refractivity contribution in [3.63, 3.8) is 0 Å². The third-order valence-electron chi connectivity index (χ3n) is 4.66. The van der Waals surface area contributed by atoms with E-state index in [4.69, 9.17) is 26.2 Å². The van der Waals surface area contributed by atoms with Crippen molar-refractivity contribution in [3.8, 4) is 5.75 Å². The molecule has 0 unspecified atom stereocenters. The van der Waals surface area contributed by atoms with E-state index in [-0.39, 0.29) is 28.7 Å². The first kappa shape index (κ1) is 24.3. The van der Waals surface area contributed by atoms with Crippen molar-refractivity contribution in [2.75, 3.05) is 6.61 Å². The Bertz CT molecular complexity index is 1150. The predicted molar refractivity (Wildman–Crippen MR) is 123 cm³/mol. The van der Waals surface area contributed by atoms with E-state index in [2.05, 4.69) is 0 Å². The Balaban J connectivity index is 1.71. The number of nitrogens with zero attached hydrogens (tertiary/aromatic N) is 1. The fraction of sp³-hybridized carbons (Fsp3) is 0.217. The Morgan fingerprint density at radius 2 is 1.97 bits per heavy atom. The maximum absolute atomic E-state index is 12.7. The number of halogens is 1. The van der Waals surface area contributed by atoms with Crippen molar-refractivity contribution < 1.29 is 33.8 Å². The molecule has 1 aliphatic rings. The number of amides is 2. The summed E-state index contributed by atoms with van der Waals surface area (Å²) in [6.07, 6.45) is 1.51. The monoisotopic (exact) mass is 489 g/mol. The highest BCUT2D eigenvalue weighted by Crippen LogP contribution is 2.35. The fourth-order valence-corrected chi connectivity index (χ4v) is 4.16. The van der Waals surface area contributed by atoms with Crippen LogP contribution in [0.15, 0.2) is 47.4 Å². The zero-order valence-electron chi connectivity index (χ0n) is 17.7. The number of carboxylic acid groups (broad SMARTS) is 1. The number of benzene rings is 2. The van der Waals surface area contributed by atoms with Gasteiger partial charge in [-0.2, -0.15) is 0 Å². The van der Waals surface area contributed by atoms with Crippen molar-refractivity contribution in [2.45, 2.75) is 26.5 Å². The van der Waals surface area contributed by atoms with E-state index in [0.717, 1.165) is 16.7 Å². The predicted octanol–water partition coefficient (Wildman–Crippen LogP) is 4.61. The second-order valence-corrected chi connectivity index (χ2v) is 8.36. The van der Waals surface area contributed by atoms with Crippen LogP contribution in [0.4, 0.5) is 4.79 Å². The van der Waals surface area contributed by atoms with Crippen LogP contribution in [0, 0.1) is 0 Å². The van der Waals surface area contributed by atoms with E-state index in [1.54, 1.807) is 37.3 Å². The number of carbonyl (C=O) groups excluding carboxylic acids is 3. The topological polar surface area (TPSA) is 110 Å². The van der Waals surface area contributed by atoms with Crippen LogP contribution in [-0.2, 0) is 20.9 Å². The van der Waals surface area contributed by atoms with Crippen molar-refractivity contribution >= 4 is 52.5 Å². The summed E-state index contributed by atoms with van der Waals surface area (Å²) < 4.78 is 10.6. The van der Waals surface area contributed by atoms with Gasteiger partial charge in [-0.3, -0.25) is 14.5 Å². The number of rotatable bonds is 8. The molecule has 0 spiro atoms. The number of carboxylic acids is 1. The highest BCUT2D eigenvalue weighted by molar-refractivity contribution is 8.18. The molecule has 2 amide bonds. The van der Waals surface area contributed by atoms with Gasteiger partial charge in [-0.25, -0.2) is 9.59 Å². The van der Waals surface area contributed by atoms with Crippen LogP contribution < -0.4 is 4.74 Å². The molecule has 1 N–H and O–H groups in total. The van der Waals surface area contributed by atoms with Crippen LogP contribution in [0.1, 0.15) is 35.3 Å². The molecule has 1 heterocycles. The lowest BCUT2D eigenvalue weighted by Gasteiger charge is -2.19. The van der Waals surface area contributed by atoms with Gasteiger partial charge in [0.05, 0.1) is 22.1 Å². The summed E-state index contributed by atoms with van der Waals surface area (Å²) in [5.41, 5.74) is 1.39. The van der Waals surface area contributed by atoms with Gasteiger partial charge < -0.3 is 14.6 Å². The molecule has 3 rings (SSSR count). The van der Waals surface area contributed by atoms with E-state index >= 15 is 0 Å². The maximum Gasteiger partial charge on any atom is 0.335 e. The van der Waals surface area contributed by atoms with Gasteiger partial charge in [0.25, 0.3) is 11.1 Å². The lowest BCUT2D eigenvalue weighted by atomic mass is 10.1. The lowest BCUT2D eigenvalue weighted by Crippen LogP contribution is -2.42. The third kappa shape index (κ3) is 5.74. The van der Waals surface area contributed by atoms with E-state index in [1.165, 1.54) is 25.1 Å².